The van der Waals surface area contributed by atoms with Gasteiger partial charge in [0.15, 0.2) is 4.80 Å². The smallest absolute Gasteiger partial charge is 0.286 e. The molecular weight excluding hydrogens is 413 g/mol. The number of rotatable bonds is 5. The van der Waals surface area contributed by atoms with Crippen molar-refractivity contribution in [3.63, 3.8) is 0 Å². The van der Waals surface area contributed by atoms with E-state index in [2.05, 4.69) is 4.99 Å². The quantitative estimate of drug-likeness (QED) is 0.450. The minimum Gasteiger partial charge on any atom is -0.383 e. The minimum atomic E-state index is -0.752. The summed E-state index contributed by atoms with van der Waals surface area (Å²) in [6.07, 6.45) is 0. The van der Waals surface area contributed by atoms with Crippen LogP contribution in [0.1, 0.15) is 10.4 Å². The highest BCUT2D eigenvalue weighted by molar-refractivity contribution is 7.16. The summed E-state index contributed by atoms with van der Waals surface area (Å²) in [5.41, 5.74) is 0.207. The summed E-state index contributed by atoms with van der Waals surface area (Å²) in [6, 6.07) is 9.19. The zero-order chi connectivity index (χ0) is 19.6. The van der Waals surface area contributed by atoms with Gasteiger partial charge < -0.3 is 9.30 Å². The average molecular weight is 426 g/mol. The molecule has 0 saturated carbocycles. The molecule has 3 aromatic rings. The maximum Gasteiger partial charge on any atom is 0.286 e. The lowest BCUT2D eigenvalue weighted by Gasteiger charge is -2.05. The number of halogens is 2. The summed E-state index contributed by atoms with van der Waals surface area (Å²) in [6.45, 7) is 0.805. The van der Waals surface area contributed by atoms with Gasteiger partial charge in [0.2, 0.25) is 0 Å². The molecule has 140 valence electrons. The summed E-state index contributed by atoms with van der Waals surface area (Å²) in [5, 5.41) is 11.9. The summed E-state index contributed by atoms with van der Waals surface area (Å²) < 4.78 is 7.72. The van der Waals surface area contributed by atoms with E-state index in [-0.39, 0.29) is 16.3 Å². The van der Waals surface area contributed by atoms with Crippen molar-refractivity contribution in [2.24, 2.45) is 4.99 Å². The lowest BCUT2D eigenvalue weighted by Crippen LogP contribution is -2.19. The molecule has 10 heteroatoms. The number of para-hydroxylation sites is 1. The molecule has 3 rings (SSSR count). The van der Waals surface area contributed by atoms with E-state index in [0.29, 0.717) is 23.0 Å². The summed E-state index contributed by atoms with van der Waals surface area (Å²) in [5.74, 6) is -0.752. The number of hydrogen-bond donors (Lipinski definition) is 0. The highest BCUT2D eigenvalue weighted by Gasteiger charge is 2.21. The fourth-order valence-electron chi connectivity index (χ4n) is 2.55. The number of carbonyl (C=O) groups is 1. The highest BCUT2D eigenvalue weighted by Crippen LogP contribution is 2.26. The van der Waals surface area contributed by atoms with Gasteiger partial charge in [-0.15, -0.1) is 0 Å². The van der Waals surface area contributed by atoms with Gasteiger partial charge in [-0.2, -0.15) is 4.99 Å². The molecule has 0 aliphatic heterocycles. The van der Waals surface area contributed by atoms with E-state index in [0.717, 1.165) is 10.2 Å². The van der Waals surface area contributed by atoms with Crippen LogP contribution >= 0.6 is 34.5 Å². The molecule has 1 aromatic heterocycles. The lowest BCUT2D eigenvalue weighted by atomic mass is 10.2. The van der Waals surface area contributed by atoms with Crippen molar-refractivity contribution < 1.29 is 14.5 Å². The molecule has 0 saturated heterocycles. The Balaban J connectivity index is 2.19. The van der Waals surface area contributed by atoms with E-state index in [9.17, 15) is 14.9 Å². The largest absolute Gasteiger partial charge is 0.383 e. The first-order valence-electron chi connectivity index (χ1n) is 7.72. The van der Waals surface area contributed by atoms with Crippen LogP contribution < -0.4 is 4.80 Å². The number of nitrogens with zero attached hydrogens (tertiary/aromatic N) is 3. The number of nitro groups is 1. The van der Waals surface area contributed by atoms with Gasteiger partial charge in [0.05, 0.1) is 26.8 Å². The second-order valence-corrected chi connectivity index (χ2v) is 7.30. The monoisotopic (exact) mass is 425 g/mol. The van der Waals surface area contributed by atoms with Gasteiger partial charge in [-0.25, -0.2) is 0 Å². The number of aromatic nitrogens is 1. The van der Waals surface area contributed by atoms with Gasteiger partial charge in [0.25, 0.3) is 11.6 Å². The number of methoxy groups -OCH3 is 1. The molecule has 0 aliphatic rings. The Morgan fingerprint density at radius 1 is 1.33 bits per heavy atom. The topological polar surface area (TPSA) is 86.7 Å². The van der Waals surface area contributed by atoms with Gasteiger partial charge in [0, 0.05) is 24.7 Å². The zero-order valence-electron chi connectivity index (χ0n) is 14.0. The zero-order valence-corrected chi connectivity index (χ0v) is 16.3. The first-order valence-corrected chi connectivity index (χ1v) is 9.29. The molecule has 0 N–H and O–H groups in total. The fourth-order valence-corrected chi connectivity index (χ4v) is 4.13. The highest BCUT2D eigenvalue weighted by atomic mass is 35.5. The van der Waals surface area contributed by atoms with Crippen LogP contribution in [-0.4, -0.2) is 29.1 Å². The van der Waals surface area contributed by atoms with Gasteiger partial charge >= 0.3 is 0 Å². The van der Waals surface area contributed by atoms with Crippen LogP contribution in [0.4, 0.5) is 5.69 Å². The fraction of sp³-hybridized carbons (Fsp3) is 0.176. The van der Waals surface area contributed by atoms with E-state index in [1.807, 2.05) is 6.07 Å². The molecule has 0 unspecified atom stereocenters. The Morgan fingerprint density at radius 3 is 2.81 bits per heavy atom. The molecule has 0 aliphatic carbocycles. The maximum absolute atomic E-state index is 12.7. The van der Waals surface area contributed by atoms with Crippen LogP contribution in [0.2, 0.25) is 10.0 Å². The molecule has 0 radical (unpaired) electrons. The Kier molecular flexibility index (Phi) is 5.91. The molecule has 0 spiro atoms. The van der Waals surface area contributed by atoms with Crippen LogP contribution in [0.3, 0.4) is 0 Å². The number of carbonyl (C=O) groups excluding carboxylic acids is 1. The summed E-state index contributed by atoms with van der Waals surface area (Å²) >= 11 is 13.5. The molecule has 0 atom stereocenters. The van der Waals surface area contributed by atoms with Crippen LogP contribution in [0.5, 0.6) is 0 Å². The number of nitro benzene ring substituents is 1. The Hall–Kier alpha value is -2.26. The number of ether oxygens (including phenoxy) is 1. The minimum absolute atomic E-state index is 0.172. The first kappa shape index (κ1) is 19.5. The number of benzene rings is 2. The lowest BCUT2D eigenvalue weighted by molar-refractivity contribution is -0.385. The van der Waals surface area contributed by atoms with E-state index < -0.39 is 10.8 Å². The van der Waals surface area contributed by atoms with Crippen LogP contribution in [0.15, 0.2) is 41.4 Å². The molecular formula is C17H13Cl2N3O4S. The third-order valence-corrected chi connectivity index (χ3v) is 5.34. The Labute approximate surface area is 167 Å². The Morgan fingerprint density at radius 2 is 2.11 bits per heavy atom. The molecule has 1 amide bonds. The molecule has 7 nitrogen and oxygen atoms in total. The molecule has 0 bridgehead atoms. The van der Waals surface area contributed by atoms with Gasteiger partial charge in [-0.05, 0) is 24.3 Å². The predicted octanol–water partition coefficient (Wildman–Crippen LogP) is 4.31. The third-order valence-electron chi connectivity index (χ3n) is 3.75. The van der Waals surface area contributed by atoms with Crippen molar-refractivity contribution in [1.29, 1.82) is 0 Å². The van der Waals surface area contributed by atoms with Crippen molar-refractivity contribution >= 4 is 56.3 Å². The van der Waals surface area contributed by atoms with Gasteiger partial charge in [0.1, 0.15) is 5.56 Å². The molecule has 2 aromatic carbocycles. The normalized spacial score (nSPS) is 11.9. The van der Waals surface area contributed by atoms with Gasteiger partial charge in [-0.3, -0.25) is 14.9 Å². The van der Waals surface area contributed by atoms with Crippen molar-refractivity contribution in [2.45, 2.75) is 6.54 Å². The van der Waals surface area contributed by atoms with E-state index >= 15 is 0 Å². The van der Waals surface area contributed by atoms with Crippen molar-refractivity contribution in [1.82, 2.24) is 4.57 Å². The van der Waals surface area contributed by atoms with E-state index in [4.69, 9.17) is 27.9 Å². The second-order valence-electron chi connectivity index (χ2n) is 5.45. The van der Waals surface area contributed by atoms with Crippen molar-refractivity contribution in [2.75, 3.05) is 13.7 Å². The van der Waals surface area contributed by atoms with Crippen LogP contribution in [0.25, 0.3) is 10.2 Å². The summed E-state index contributed by atoms with van der Waals surface area (Å²) in [4.78, 5) is 27.7. The number of hydrogen-bond acceptors (Lipinski definition) is 5. The third kappa shape index (κ3) is 4.03. The Bertz CT molecular complexity index is 1110. The average Bonchev–Trinajstić information content (AvgIpc) is 2.97. The second kappa shape index (κ2) is 8.18. The number of amides is 1. The van der Waals surface area contributed by atoms with Crippen LogP contribution in [0, 0.1) is 10.1 Å². The first-order chi connectivity index (χ1) is 12.9. The van der Waals surface area contributed by atoms with Crippen LogP contribution in [-0.2, 0) is 11.3 Å². The molecule has 27 heavy (non-hydrogen) atoms. The SMILES string of the molecule is COCCn1c(=NC(=O)c2cc(Cl)ccc2[N+](=O)[O-])sc2cccc(Cl)c21. The van der Waals surface area contributed by atoms with Gasteiger partial charge in [-0.1, -0.05) is 40.6 Å². The molecule has 1 heterocycles. The summed E-state index contributed by atoms with van der Waals surface area (Å²) in [7, 11) is 1.56. The van der Waals surface area contributed by atoms with E-state index in [1.54, 1.807) is 23.8 Å². The van der Waals surface area contributed by atoms with Crippen molar-refractivity contribution in [3.8, 4) is 0 Å². The van der Waals surface area contributed by atoms with E-state index in [1.165, 1.54) is 29.5 Å². The van der Waals surface area contributed by atoms with Crippen molar-refractivity contribution in [3.05, 3.63) is 66.9 Å². The predicted molar refractivity (Wildman–Crippen MR) is 105 cm³/mol. The molecule has 0 fully saturated rings. The maximum atomic E-state index is 12.7. The standard InChI is InChI=1S/C17H13Cl2N3O4S/c1-26-8-7-21-15-12(19)3-2-4-14(15)27-17(21)20-16(23)11-9-10(18)5-6-13(11)22(24)25/h2-6,9H,7-8H2,1H3. The number of fused-ring (bicyclic) bond motifs is 1. The number of thiazole rings is 1.